The number of nitrogens with one attached hydrogen (secondary N) is 1. The number of fused-ring (bicyclic) bond motifs is 2. The Hall–Kier alpha value is -3.82. The van der Waals surface area contributed by atoms with E-state index in [1.54, 1.807) is 24.9 Å². The van der Waals surface area contributed by atoms with E-state index in [0.29, 0.717) is 30.9 Å². The molecule has 0 aliphatic carbocycles. The van der Waals surface area contributed by atoms with Gasteiger partial charge in [0.2, 0.25) is 5.91 Å². The molecule has 6 rings (SSSR count). The number of hydrogen-bond donors (Lipinski definition) is 1. The van der Waals surface area contributed by atoms with E-state index in [-0.39, 0.29) is 29.8 Å². The summed E-state index contributed by atoms with van der Waals surface area (Å²) < 4.78 is 0. The van der Waals surface area contributed by atoms with Crippen LogP contribution in [0.1, 0.15) is 52.7 Å². The van der Waals surface area contributed by atoms with Gasteiger partial charge in [0, 0.05) is 60.9 Å². The van der Waals surface area contributed by atoms with Crippen LogP contribution in [-0.4, -0.2) is 76.4 Å². The molecule has 4 amide bonds. The summed E-state index contributed by atoms with van der Waals surface area (Å²) in [5.74, 6) is -0.254. The number of benzene rings is 2. The minimum absolute atomic E-state index is 0.0332. The first-order valence-electron chi connectivity index (χ1n) is 14.8. The Kier molecular flexibility index (Phi) is 6.85. The van der Waals surface area contributed by atoms with Crippen molar-refractivity contribution in [1.82, 2.24) is 20.1 Å². The lowest BCUT2D eigenvalue weighted by Gasteiger charge is -2.36. The van der Waals surface area contributed by atoms with E-state index >= 15 is 0 Å². The van der Waals surface area contributed by atoms with Crippen LogP contribution in [0, 0.1) is 0 Å². The molecule has 0 bridgehead atoms. The van der Waals surface area contributed by atoms with Crippen molar-refractivity contribution >= 4 is 40.1 Å². The molecule has 1 aromatic heterocycles. The molecule has 42 heavy (non-hydrogen) atoms. The lowest BCUT2D eigenvalue weighted by molar-refractivity contribution is -0.123. The summed E-state index contributed by atoms with van der Waals surface area (Å²) in [7, 11) is 0. The van der Waals surface area contributed by atoms with E-state index < -0.39 is 5.54 Å². The van der Waals surface area contributed by atoms with E-state index in [1.165, 1.54) is 4.90 Å². The van der Waals surface area contributed by atoms with Gasteiger partial charge in [-0.1, -0.05) is 38.1 Å². The maximum absolute atomic E-state index is 14.0. The van der Waals surface area contributed by atoms with Gasteiger partial charge in [-0.2, -0.15) is 0 Å². The summed E-state index contributed by atoms with van der Waals surface area (Å²) in [6.07, 6.45) is 1.74. The molecule has 220 valence electrons. The van der Waals surface area contributed by atoms with E-state index in [1.807, 2.05) is 53.4 Å². The molecule has 0 radical (unpaired) electrons. The molecule has 2 aromatic carbocycles. The van der Waals surface area contributed by atoms with Gasteiger partial charge in [0.1, 0.15) is 5.54 Å². The molecule has 3 aliphatic rings. The third-order valence-electron chi connectivity index (χ3n) is 9.00. The van der Waals surface area contributed by atoms with E-state index in [4.69, 9.17) is 0 Å². The SMILES string of the molecule is C[C@@H]1CN(CC(=O)N2CC(C)(C)c3ccc(N4C(=O)N(Cc5ccnc6ccccc56)C(C)(C)C4=O)cc32)C[C@@H](C)N1. The monoisotopic (exact) mass is 568 g/mol. The fourth-order valence-electron chi connectivity index (χ4n) is 6.88. The number of urea groups is 1. The standard InChI is InChI=1S/C33H40N6O3/c1-21-16-36(17-22(2)35-21)19-29(40)37-20-32(3,4)26-12-11-24(15-28(26)37)39-30(41)33(5,6)38(31(39)42)18-23-13-14-34-27-10-8-7-9-25(23)27/h7-15,21-22,35H,16-20H2,1-6H3/t21-,22-/m1/s1. The highest BCUT2D eigenvalue weighted by Gasteiger charge is 2.52. The number of imide groups is 1. The number of para-hydroxylation sites is 1. The second kappa shape index (κ2) is 10.2. The second-order valence-electron chi connectivity index (χ2n) is 13.3. The van der Waals surface area contributed by atoms with Crippen molar-refractivity contribution in [3.63, 3.8) is 0 Å². The predicted octanol–water partition coefficient (Wildman–Crippen LogP) is 4.29. The number of aromatic nitrogens is 1. The molecule has 9 nitrogen and oxygen atoms in total. The molecule has 3 aromatic rings. The van der Waals surface area contributed by atoms with Crippen LogP contribution >= 0.6 is 0 Å². The number of pyridine rings is 1. The summed E-state index contributed by atoms with van der Waals surface area (Å²) in [6, 6.07) is 15.6. The van der Waals surface area contributed by atoms with Crippen molar-refractivity contribution in [3.05, 3.63) is 65.9 Å². The maximum atomic E-state index is 14.0. The molecule has 4 heterocycles. The number of nitrogens with zero attached hydrogens (tertiary/aromatic N) is 5. The fraction of sp³-hybridized carbons (Fsp3) is 0.455. The Morgan fingerprint density at radius 3 is 2.45 bits per heavy atom. The third-order valence-corrected chi connectivity index (χ3v) is 9.00. The summed E-state index contributed by atoms with van der Waals surface area (Å²) in [5, 5.41) is 4.47. The Balaban J connectivity index is 1.30. The van der Waals surface area contributed by atoms with Gasteiger partial charge >= 0.3 is 6.03 Å². The smallest absolute Gasteiger partial charge is 0.310 e. The maximum Gasteiger partial charge on any atom is 0.332 e. The Bertz CT molecular complexity index is 1570. The fourth-order valence-corrected chi connectivity index (χ4v) is 6.88. The van der Waals surface area contributed by atoms with Gasteiger partial charge in [0.25, 0.3) is 5.91 Å². The lowest BCUT2D eigenvalue weighted by atomic mass is 9.87. The Labute approximate surface area is 247 Å². The zero-order valence-corrected chi connectivity index (χ0v) is 25.3. The lowest BCUT2D eigenvalue weighted by Crippen LogP contribution is -2.56. The van der Waals surface area contributed by atoms with Gasteiger partial charge in [-0.05, 0) is 63.1 Å². The van der Waals surface area contributed by atoms with Crippen LogP contribution in [0.4, 0.5) is 16.2 Å². The molecule has 2 saturated heterocycles. The van der Waals surface area contributed by atoms with E-state index in [9.17, 15) is 14.4 Å². The number of carbonyl (C=O) groups excluding carboxylic acids is 3. The van der Waals surface area contributed by atoms with Crippen molar-refractivity contribution in [2.24, 2.45) is 0 Å². The molecule has 0 unspecified atom stereocenters. The van der Waals surface area contributed by atoms with Crippen LogP contribution in [-0.2, 0) is 21.5 Å². The largest absolute Gasteiger partial charge is 0.332 e. The van der Waals surface area contributed by atoms with Crippen molar-refractivity contribution in [3.8, 4) is 0 Å². The van der Waals surface area contributed by atoms with Crippen molar-refractivity contribution < 1.29 is 14.4 Å². The number of hydrogen-bond acceptors (Lipinski definition) is 6. The number of anilines is 2. The van der Waals surface area contributed by atoms with E-state index in [0.717, 1.165) is 40.8 Å². The van der Waals surface area contributed by atoms with Gasteiger partial charge in [0.15, 0.2) is 0 Å². The van der Waals surface area contributed by atoms with Crippen LogP contribution in [0.25, 0.3) is 10.9 Å². The second-order valence-corrected chi connectivity index (χ2v) is 13.3. The molecule has 9 heteroatoms. The van der Waals surface area contributed by atoms with E-state index in [2.05, 4.69) is 42.9 Å². The van der Waals surface area contributed by atoms with Crippen molar-refractivity contribution in [1.29, 1.82) is 0 Å². The topological polar surface area (TPSA) is 89.1 Å². The highest BCUT2D eigenvalue weighted by Crippen LogP contribution is 2.44. The average Bonchev–Trinajstić information content (AvgIpc) is 3.29. The molecule has 1 N–H and O–H groups in total. The summed E-state index contributed by atoms with van der Waals surface area (Å²) in [6.45, 7) is 14.9. The minimum atomic E-state index is -1.05. The molecule has 2 fully saturated rings. The average molecular weight is 569 g/mol. The quantitative estimate of drug-likeness (QED) is 0.462. The Morgan fingerprint density at radius 2 is 1.71 bits per heavy atom. The van der Waals surface area contributed by atoms with Crippen LogP contribution < -0.4 is 15.1 Å². The molecule has 2 atom stereocenters. The number of carbonyl (C=O) groups is 3. The number of rotatable bonds is 5. The predicted molar refractivity (Wildman–Crippen MR) is 165 cm³/mol. The molecular weight excluding hydrogens is 528 g/mol. The number of amides is 4. The Morgan fingerprint density at radius 1 is 1.00 bits per heavy atom. The first-order chi connectivity index (χ1) is 19.9. The van der Waals surface area contributed by atoms with Gasteiger partial charge in [-0.15, -0.1) is 0 Å². The molecule has 3 aliphatic heterocycles. The van der Waals surface area contributed by atoms with Crippen LogP contribution in [0.15, 0.2) is 54.7 Å². The number of piperazine rings is 1. The zero-order chi connectivity index (χ0) is 30.0. The van der Waals surface area contributed by atoms with Crippen molar-refractivity contribution in [2.45, 2.75) is 71.1 Å². The van der Waals surface area contributed by atoms with Gasteiger partial charge in [-0.3, -0.25) is 19.5 Å². The van der Waals surface area contributed by atoms with Crippen LogP contribution in [0.2, 0.25) is 0 Å². The first kappa shape index (κ1) is 28.3. The molecule has 0 saturated carbocycles. The van der Waals surface area contributed by atoms with Gasteiger partial charge < -0.3 is 15.1 Å². The first-order valence-corrected chi connectivity index (χ1v) is 14.8. The summed E-state index contributed by atoms with van der Waals surface area (Å²) in [4.78, 5) is 52.9. The van der Waals surface area contributed by atoms with Gasteiger partial charge in [0.05, 0.1) is 17.7 Å². The minimum Gasteiger partial charge on any atom is -0.310 e. The highest BCUT2D eigenvalue weighted by atomic mass is 16.2. The molecular formula is C33H40N6O3. The van der Waals surface area contributed by atoms with Crippen LogP contribution in [0.5, 0.6) is 0 Å². The third kappa shape index (κ3) is 4.74. The summed E-state index contributed by atoms with van der Waals surface area (Å²) >= 11 is 0. The van der Waals surface area contributed by atoms with Gasteiger partial charge in [-0.25, -0.2) is 9.69 Å². The highest BCUT2D eigenvalue weighted by molar-refractivity contribution is 6.23. The normalized spacial score (nSPS) is 23.6. The van der Waals surface area contributed by atoms with Crippen molar-refractivity contribution in [2.75, 3.05) is 36.0 Å². The molecule has 0 spiro atoms. The van der Waals surface area contributed by atoms with Crippen LogP contribution in [0.3, 0.4) is 0 Å². The summed E-state index contributed by atoms with van der Waals surface area (Å²) in [5.41, 5.74) is 2.78. The zero-order valence-electron chi connectivity index (χ0n) is 25.3.